The van der Waals surface area contributed by atoms with Gasteiger partial charge in [-0.1, -0.05) is 0 Å². The first-order chi connectivity index (χ1) is 8.09. The maximum absolute atomic E-state index is 11.9. The van der Waals surface area contributed by atoms with Gasteiger partial charge in [-0.2, -0.15) is 5.10 Å². The molecule has 0 unspecified atom stereocenters. The van der Waals surface area contributed by atoms with Gasteiger partial charge in [0.2, 0.25) is 0 Å². The Morgan fingerprint density at radius 1 is 1.41 bits per heavy atom. The number of hydrogen-bond acceptors (Lipinski definition) is 4. The lowest BCUT2D eigenvalue weighted by molar-refractivity contribution is 0.102. The quantitative estimate of drug-likeness (QED) is 0.806. The minimum atomic E-state index is -0.234. The first-order valence-electron chi connectivity index (χ1n) is 5.10. The lowest BCUT2D eigenvalue weighted by Crippen LogP contribution is -2.15. The van der Waals surface area contributed by atoms with Crippen LogP contribution in [0.25, 0.3) is 0 Å². The summed E-state index contributed by atoms with van der Waals surface area (Å²) in [7, 11) is 1.73. The lowest BCUT2D eigenvalue weighted by atomic mass is 10.2. The van der Waals surface area contributed by atoms with Crippen LogP contribution in [0.5, 0.6) is 0 Å². The van der Waals surface area contributed by atoms with Gasteiger partial charge in [0.1, 0.15) is 0 Å². The van der Waals surface area contributed by atoms with E-state index >= 15 is 0 Å². The van der Waals surface area contributed by atoms with Gasteiger partial charge in [-0.15, -0.1) is 0 Å². The van der Waals surface area contributed by atoms with Crippen LogP contribution in [-0.2, 0) is 7.05 Å². The Balaban J connectivity index is 2.25. The van der Waals surface area contributed by atoms with Gasteiger partial charge in [0.25, 0.3) is 5.91 Å². The molecule has 2 heterocycles. The molecule has 0 aliphatic heterocycles. The van der Waals surface area contributed by atoms with E-state index in [2.05, 4.69) is 15.4 Å². The molecule has 3 N–H and O–H groups in total. The number of rotatable bonds is 2. The molecule has 0 saturated heterocycles. The van der Waals surface area contributed by atoms with Crippen molar-refractivity contribution in [3.63, 3.8) is 0 Å². The molecule has 0 spiro atoms. The van der Waals surface area contributed by atoms with Crippen LogP contribution in [0.4, 0.5) is 11.5 Å². The molecule has 0 aliphatic carbocycles. The average Bonchev–Trinajstić information content (AvgIpc) is 2.57. The number of aryl methyl sites for hydroxylation is 2. The Morgan fingerprint density at radius 2 is 2.06 bits per heavy atom. The van der Waals surface area contributed by atoms with Crippen molar-refractivity contribution in [3.05, 3.63) is 35.8 Å². The number of nitrogen functional groups attached to an aromatic ring is 1. The summed E-state index contributed by atoms with van der Waals surface area (Å²) >= 11 is 0. The van der Waals surface area contributed by atoms with E-state index in [0.717, 1.165) is 0 Å². The van der Waals surface area contributed by atoms with Crippen molar-refractivity contribution in [1.29, 1.82) is 0 Å². The molecule has 2 rings (SSSR count). The zero-order valence-corrected chi connectivity index (χ0v) is 9.64. The van der Waals surface area contributed by atoms with Crippen LogP contribution in [0.2, 0.25) is 0 Å². The third kappa shape index (κ3) is 2.10. The summed E-state index contributed by atoms with van der Waals surface area (Å²) in [6.45, 7) is 1.79. The molecule has 0 fully saturated rings. The van der Waals surface area contributed by atoms with Gasteiger partial charge in [0.05, 0.1) is 11.4 Å². The molecule has 17 heavy (non-hydrogen) atoms. The van der Waals surface area contributed by atoms with Crippen molar-refractivity contribution < 1.29 is 4.79 Å². The van der Waals surface area contributed by atoms with E-state index in [0.29, 0.717) is 22.8 Å². The monoisotopic (exact) mass is 231 g/mol. The summed E-state index contributed by atoms with van der Waals surface area (Å²) in [5.74, 6) is 0.270. The number of nitrogens with zero attached hydrogens (tertiary/aromatic N) is 3. The van der Waals surface area contributed by atoms with Crippen LogP contribution in [0.15, 0.2) is 24.5 Å². The Morgan fingerprint density at radius 3 is 2.59 bits per heavy atom. The van der Waals surface area contributed by atoms with Crippen LogP contribution in [0.3, 0.4) is 0 Å². The number of aromatic nitrogens is 3. The molecule has 2 aromatic rings. The van der Waals surface area contributed by atoms with Gasteiger partial charge in [0, 0.05) is 25.0 Å². The van der Waals surface area contributed by atoms with E-state index in [1.807, 2.05) is 0 Å². The fourth-order valence-electron chi connectivity index (χ4n) is 1.51. The summed E-state index contributed by atoms with van der Waals surface area (Å²) < 4.78 is 1.55. The van der Waals surface area contributed by atoms with Crippen molar-refractivity contribution >= 4 is 17.4 Å². The van der Waals surface area contributed by atoms with Crippen molar-refractivity contribution in [2.45, 2.75) is 6.92 Å². The topological polar surface area (TPSA) is 85.8 Å². The molecule has 0 saturated carbocycles. The molecule has 0 atom stereocenters. The van der Waals surface area contributed by atoms with Crippen LogP contribution < -0.4 is 11.1 Å². The average molecular weight is 231 g/mol. The predicted octanol–water partition coefficient (Wildman–Crippen LogP) is 0.958. The van der Waals surface area contributed by atoms with Crippen LogP contribution >= 0.6 is 0 Å². The molecule has 6 heteroatoms. The molecule has 1 amide bonds. The van der Waals surface area contributed by atoms with Crippen LogP contribution in [0.1, 0.15) is 16.1 Å². The van der Waals surface area contributed by atoms with E-state index in [9.17, 15) is 4.79 Å². The first-order valence-corrected chi connectivity index (χ1v) is 5.10. The van der Waals surface area contributed by atoms with Gasteiger partial charge in [-0.3, -0.25) is 14.5 Å². The number of carbonyl (C=O) groups excluding carboxylic acids is 1. The van der Waals surface area contributed by atoms with Gasteiger partial charge < -0.3 is 11.1 Å². The minimum absolute atomic E-state index is 0.234. The molecule has 0 radical (unpaired) electrons. The van der Waals surface area contributed by atoms with Gasteiger partial charge in [-0.25, -0.2) is 0 Å². The van der Waals surface area contributed by atoms with E-state index in [4.69, 9.17) is 5.73 Å². The number of anilines is 2. The number of carbonyl (C=O) groups is 1. The van der Waals surface area contributed by atoms with Gasteiger partial charge in [-0.05, 0) is 19.1 Å². The van der Waals surface area contributed by atoms with E-state index in [1.165, 1.54) is 0 Å². The van der Waals surface area contributed by atoms with Gasteiger partial charge >= 0.3 is 0 Å². The van der Waals surface area contributed by atoms with Crippen LogP contribution in [-0.4, -0.2) is 20.7 Å². The number of pyridine rings is 1. The highest BCUT2D eigenvalue weighted by atomic mass is 16.1. The third-order valence-electron chi connectivity index (χ3n) is 2.44. The minimum Gasteiger partial charge on any atom is -0.394 e. The number of amides is 1. The van der Waals surface area contributed by atoms with Gasteiger partial charge in [0.15, 0.2) is 5.82 Å². The summed E-state index contributed by atoms with van der Waals surface area (Å²) in [5, 5.41) is 6.85. The maximum Gasteiger partial charge on any atom is 0.256 e. The number of nitrogens with one attached hydrogen (secondary N) is 1. The predicted molar refractivity (Wildman–Crippen MR) is 64.5 cm³/mol. The van der Waals surface area contributed by atoms with E-state index in [-0.39, 0.29) is 5.91 Å². The zero-order valence-electron chi connectivity index (χ0n) is 9.64. The Kier molecular flexibility index (Phi) is 2.78. The molecule has 6 nitrogen and oxygen atoms in total. The highest BCUT2D eigenvalue weighted by Crippen LogP contribution is 2.21. The summed E-state index contributed by atoms with van der Waals surface area (Å²) in [6.07, 6.45) is 3.12. The summed E-state index contributed by atoms with van der Waals surface area (Å²) in [6, 6.07) is 3.27. The molecule has 0 aliphatic rings. The number of hydrogen-bond donors (Lipinski definition) is 2. The molecule has 0 bridgehead atoms. The maximum atomic E-state index is 11.9. The van der Waals surface area contributed by atoms with Crippen molar-refractivity contribution in [2.75, 3.05) is 11.1 Å². The smallest absolute Gasteiger partial charge is 0.256 e. The standard InChI is InChI=1S/C11H13N5O/c1-7-9(12)10(16(2)15-7)14-11(17)8-3-5-13-6-4-8/h3-6H,12H2,1-2H3,(H,14,17). The summed E-state index contributed by atoms with van der Waals surface area (Å²) in [5.41, 5.74) is 7.52. The van der Waals surface area contributed by atoms with Crippen molar-refractivity contribution in [1.82, 2.24) is 14.8 Å². The highest BCUT2D eigenvalue weighted by Gasteiger charge is 2.13. The second-order valence-corrected chi connectivity index (χ2v) is 3.66. The highest BCUT2D eigenvalue weighted by molar-refractivity contribution is 6.05. The number of nitrogens with two attached hydrogens (primary N) is 1. The Bertz CT molecular complexity index is 546. The Hall–Kier alpha value is -2.37. The first kappa shape index (κ1) is 11.1. The Labute approximate surface area is 98.5 Å². The fraction of sp³-hybridized carbons (Fsp3) is 0.182. The molecular formula is C11H13N5O. The molecule has 88 valence electrons. The van der Waals surface area contributed by atoms with Crippen molar-refractivity contribution in [3.8, 4) is 0 Å². The van der Waals surface area contributed by atoms with Crippen molar-refractivity contribution in [2.24, 2.45) is 7.05 Å². The van der Waals surface area contributed by atoms with E-state index < -0.39 is 0 Å². The molecule has 0 aromatic carbocycles. The van der Waals surface area contributed by atoms with E-state index in [1.54, 1.807) is 43.2 Å². The second-order valence-electron chi connectivity index (χ2n) is 3.66. The zero-order chi connectivity index (χ0) is 12.4. The molecular weight excluding hydrogens is 218 g/mol. The SMILES string of the molecule is Cc1nn(C)c(NC(=O)c2ccncc2)c1N. The second kappa shape index (κ2) is 4.25. The largest absolute Gasteiger partial charge is 0.394 e. The summed E-state index contributed by atoms with van der Waals surface area (Å²) in [4.78, 5) is 15.7. The molecule has 2 aromatic heterocycles. The normalized spacial score (nSPS) is 10.2. The third-order valence-corrected chi connectivity index (χ3v) is 2.44. The van der Waals surface area contributed by atoms with Crippen LogP contribution in [0, 0.1) is 6.92 Å². The fourth-order valence-corrected chi connectivity index (χ4v) is 1.51. The lowest BCUT2D eigenvalue weighted by Gasteiger charge is -2.06.